The van der Waals surface area contributed by atoms with E-state index in [1.807, 2.05) is 12.3 Å². The number of nitrogens with zero attached hydrogens (tertiary/aromatic N) is 1. The van der Waals surface area contributed by atoms with Gasteiger partial charge in [0.05, 0.1) is 6.54 Å². The van der Waals surface area contributed by atoms with E-state index in [9.17, 15) is 4.39 Å². The number of hydrogen-bond donors (Lipinski definition) is 2. The van der Waals surface area contributed by atoms with E-state index < -0.39 is 0 Å². The normalized spacial score (nSPS) is 13.8. The molecule has 0 heterocycles. The molecule has 1 aliphatic carbocycles. The zero-order valence-electron chi connectivity index (χ0n) is 13.8. The van der Waals surface area contributed by atoms with Crippen LogP contribution in [0.4, 0.5) is 10.1 Å². The summed E-state index contributed by atoms with van der Waals surface area (Å²) in [6, 6.07) is 11.2. The van der Waals surface area contributed by atoms with E-state index >= 15 is 0 Å². The molecule has 3 nitrogen and oxygen atoms in total. The summed E-state index contributed by atoms with van der Waals surface area (Å²) in [6.07, 6.45) is 5.53. The van der Waals surface area contributed by atoms with Crippen LogP contribution in [-0.4, -0.2) is 12.2 Å². The summed E-state index contributed by atoms with van der Waals surface area (Å²) in [4.78, 5) is 4.41. The molecule has 0 bridgehead atoms. The van der Waals surface area contributed by atoms with Crippen molar-refractivity contribution in [3.8, 4) is 0 Å². The lowest BCUT2D eigenvalue weighted by Gasteiger charge is -2.09. The van der Waals surface area contributed by atoms with Gasteiger partial charge in [-0.3, -0.25) is 0 Å². The van der Waals surface area contributed by atoms with E-state index in [1.165, 1.54) is 30.0 Å². The second kappa shape index (κ2) is 7.71. The Labute approximate surface area is 146 Å². The maximum Gasteiger partial charge on any atom is 0.193 e. The summed E-state index contributed by atoms with van der Waals surface area (Å²) in [7, 11) is 0. The van der Waals surface area contributed by atoms with Crippen LogP contribution < -0.4 is 11.1 Å². The molecule has 2 aromatic carbocycles. The molecule has 5 heteroatoms. The zero-order chi connectivity index (χ0) is 16.9. The highest BCUT2D eigenvalue weighted by Gasteiger charge is 2.11. The minimum absolute atomic E-state index is 0.212. The van der Waals surface area contributed by atoms with Gasteiger partial charge in [-0.1, -0.05) is 12.1 Å². The third kappa shape index (κ3) is 4.09. The minimum Gasteiger partial charge on any atom is -0.370 e. The number of hydrogen-bond acceptors (Lipinski definition) is 2. The predicted molar refractivity (Wildman–Crippen MR) is 101 cm³/mol. The summed E-state index contributed by atoms with van der Waals surface area (Å²) in [5, 5.41) is 3.15. The number of fused-ring (bicyclic) bond motifs is 1. The topological polar surface area (TPSA) is 50.4 Å². The summed E-state index contributed by atoms with van der Waals surface area (Å²) < 4.78 is 13.4. The molecular weight excluding hydrogens is 321 g/mol. The molecule has 0 aromatic heterocycles. The number of thioether (sulfide) groups is 1. The van der Waals surface area contributed by atoms with Gasteiger partial charge in [-0.05, 0) is 72.0 Å². The highest BCUT2D eigenvalue weighted by atomic mass is 32.2. The molecule has 0 amide bonds. The van der Waals surface area contributed by atoms with Crippen molar-refractivity contribution < 1.29 is 4.39 Å². The second-order valence-electron chi connectivity index (χ2n) is 6.01. The van der Waals surface area contributed by atoms with Crippen LogP contribution in [0.3, 0.4) is 0 Å². The van der Waals surface area contributed by atoms with Gasteiger partial charge in [0.1, 0.15) is 5.82 Å². The van der Waals surface area contributed by atoms with E-state index in [2.05, 4.69) is 22.4 Å². The van der Waals surface area contributed by atoms with Crippen LogP contribution >= 0.6 is 11.8 Å². The SMILES string of the molecule is CSCc1cc(F)ccc1CN=C(N)Nc1ccc2c(c1)CCC2. The molecule has 0 radical (unpaired) electrons. The Morgan fingerprint density at radius 3 is 2.83 bits per heavy atom. The first kappa shape index (κ1) is 16.8. The van der Waals surface area contributed by atoms with Crippen molar-refractivity contribution in [1.29, 1.82) is 0 Å². The van der Waals surface area contributed by atoms with Gasteiger partial charge < -0.3 is 11.1 Å². The van der Waals surface area contributed by atoms with Crippen molar-refractivity contribution in [2.45, 2.75) is 31.6 Å². The maximum atomic E-state index is 13.4. The number of guanidine groups is 1. The average Bonchev–Trinajstić information content (AvgIpc) is 3.02. The highest BCUT2D eigenvalue weighted by Crippen LogP contribution is 2.24. The molecule has 24 heavy (non-hydrogen) atoms. The van der Waals surface area contributed by atoms with Gasteiger partial charge in [0.15, 0.2) is 5.96 Å². The number of benzene rings is 2. The first-order chi connectivity index (χ1) is 11.7. The Hall–Kier alpha value is -2.01. The van der Waals surface area contributed by atoms with Gasteiger partial charge in [-0.15, -0.1) is 0 Å². The Kier molecular flexibility index (Phi) is 5.41. The predicted octanol–water partition coefficient (Wildman–Crippen LogP) is 4.10. The van der Waals surface area contributed by atoms with E-state index in [0.29, 0.717) is 12.5 Å². The molecule has 0 spiro atoms. The Morgan fingerprint density at radius 2 is 2.00 bits per heavy atom. The summed E-state index contributed by atoms with van der Waals surface area (Å²) >= 11 is 1.66. The van der Waals surface area contributed by atoms with Crippen molar-refractivity contribution in [2.24, 2.45) is 10.7 Å². The van der Waals surface area contributed by atoms with E-state index in [1.54, 1.807) is 23.9 Å². The fourth-order valence-corrected chi connectivity index (χ4v) is 3.63. The van der Waals surface area contributed by atoms with Gasteiger partial charge in [0, 0.05) is 11.4 Å². The molecule has 0 saturated heterocycles. The third-order valence-electron chi connectivity index (χ3n) is 4.26. The van der Waals surface area contributed by atoms with Gasteiger partial charge in [0.2, 0.25) is 0 Å². The summed E-state index contributed by atoms with van der Waals surface area (Å²) in [5.41, 5.74) is 11.8. The first-order valence-corrected chi connectivity index (χ1v) is 9.50. The largest absolute Gasteiger partial charge is 0.370 e. The summed E-state index contributed by atoms with van der Waals surface area (Å²) in [6.45, 7) is 0.444. The average molecular weight is 343 g/mol. The fraction of sp³-hybridized carbons (Fsp3) is 0.316. The van der Waals surface area contributed by atoms with Crippen LogP contribution in [0, 0.1) is 5.82 Å². The number of aryl methyl sites for hydroxylation is 2. The van der Waals surface area contributed by atoms with Crippen LogP contribution in [-0.2, 0) is 25.1 Å². The molecule has 0 saturated carbocycles. The number of nitrogens with two attached hydrogens (primary N) is 1. The van der Waals surface area contributed by atoms with Crippen LogP contribution in [0.2, 0.25) is 0 Å². The van der Waals surface area contributed by atoms with Crippen molar-refractivity contribution in [3.05, 3.63) is 64.5 Å². The van der Waals surface area contributed by atoms with Crippen molar-refractivity contribution >= 4 is 23.4 Å². The summed E-state index contributed by atoms with van der Waals surface area (Å²) in [5.74, 6) is 0.934. The molecular formula is C19H22FN3S. The van der Waals surface area contributed by atoms with E-state index in [4.69, 9.17) is 5.73 Å². The smallest absolute Gasteiger partial charge is 0.193 e. The number of anilines is 1. The minimum atomic E-state index is -0.212. The molecule has 3 N–H and O–H groups in total. The molecule has 3 rings (SSSR count). The maximum absolute atomic E-state index is 13.4. The molecule has 1 aliphatic rings. The lowest BCUT2D eigenvalue weighted by molar-refractivity contribution is 0.625. The molecule has 2 aromatic rings. The Balaban J connectivity index is 1.68. The van der Waals surface area contributed by atoms with Gasteiger partial charge in [0.25, 0.3) is 0 Å². The first-order valence-electron chi connectivity index (χ1n) is 8.10. The van der Waals surface area contributed by atoms with Gasteiger partial charge >= 0.3 is 0 Å². The second-order valence-corrected chi connectivity index (χ2v) is 6.88. The standard InChI is InChI=1S/C19H22FN3S/c1-24-12-16-9-17(20)7-5-15(16)11-22-19(21)23-18-8-6-13-3-2-4-14(13)10-18/h5-10H,2-4,11-12H2,1H3,(H3,21,22,23). The fourth-order valence-electron chi connectivity index (χ4n) is 3.05. The van der Waals surface area contributed by atoms with Crippen molar-refractivity contribution in [2.75, 3.05) is 11.6 Å². The molecule has 0 fully saturated rings. The highest BCUT2D eigenvalue weighted by molar-refractivity contribution is 7.97. The van der Waals surface area contributed by atoms with Gasteiger partial charge in [-0.25, -0.2) is 9.38 Å². The zero-order valence-corrected chi connectivity index (χ0v) is 14.6. The molecule has 0 aliphatic heterocycles. The lowest BCUT2D eigenvalue weighted by Crippen LogP contribution is -2.22. The number of nitrogens with one attached hydrogen (secondary N) is 1. The third-order valence-corrected chi connectivity index (χ3v) is 4.86. The van der Waals surface area contributed by atoms with E-state index in [0.717, 1.165) is 29.0 Å². The number of rotatable bonds is 5. The van der Waals surface area contributed by atoms with Crippen molar-refractivity contribution in [3.63, 3.8) is 0 Å². The molecule has 126 valence electrons. The quantitative estimate of drug-likeness (QED) is 0.635. The monoisotopic (exact) mass is 343 g/mol. The van der Waals surface area contributed by atoms with Crippen molar-refractivity contribution in [1.82, 2.24) is 0 Å². The van der Waals surface area contributed by atoms with Gasteiger partial charge in [-0.2, -0.15) is 11.8 Å². The van der Waals surface area contributed by atoms with Crippen LogP contribution in [0.5, 0.6) is 0 Å². The Morgan fingerprint density at radius 1 is 1.17 bits per heavy atom. The number of aliphatic imine (C=N–C) groups is 1. The van der Waals surface area contributed by atoms with E-state index in [-0.39, 0.29) is 5.82 Å². The van der Waals surface area contributed by atoms with Crippen LogP contribution in [0.25, 0.3) is 0 Å². The van der Waals surface area contributed by atoms with Crippen LogP contribution in [0.15, 0.2) is 41.4 Å². The molecule has 0 atom stereocenters. The molecule has 0 unspecified atom stereocenters. The number of halogens is 1. The van der Waals surface area contributed by atoms with Crippen LogP contribution in [0.1, 0.15) is 28.7 Å². The lowest BCUT2D eigenvalue weighted by atomic mass is 10.1. The Bertz CT molecular complexity index is 758.